The van der Waals surface area contributed by atoms with Gasteiger partial charge in [-0.05, 0) is 38.0 Å². The highest BCUT2D eigenvalue weighted by atomic mass is 16.5. The van der Waals surface area contributed by atoms with E-state index < -0.39 is 6.10 Å². The van der Waals surface area contributed by atoms with Gasteiger partial charge in [-0.3, -0.25) is 4.90 Å². The van der Waals surface area contributed by atoms with Crippen molar-refractivity contribution in [2.45, 2.75) is 32.5 Å². The maximum absolute atomic E-state index is 10.2. The van der Waals surface area contributed by atoms with E-state index in [0.29, 0.717) is 26.1 Å². The molecule has 0 aliphatic heterocycles. The van der Waals surface area contributed by atoms with Crippen molar-refractivity contribution in [3.05, 3.63) is 29.8 Å². The van der Waals surface area contributed by atoms with Gasteiger partial charge in [-0.15, -0.1) is 0 Å². The van der Waals surface area contributed by atoms with Crippen LogP contribution in [0.4, 0.5) is 0 Å². The summed E-state index contributed by atoms with van der Waals surface area (Å²) in [5.74, 6) is 0.795. The molecule has 0 fully saturated rings. The molecule has 21 heavy (non-hydrogen) atoms. The summed E-state index contributed by atoms with van der Waals surface area (Å²) < 4.78 is 5.57. The van der Waals surface area contributed by atoms with Crippen molar-refractivity contribution < 1.29 is 20.1 Å². The number of nitrogens with zero attached hydrogens (tertiary/aromatic N) is 1. The highest BCUT2D eigenvalue weighted by Gasteiger charge is 2.11. The molecular formula is C16H27NO4. The number of rotatable bonds is 10. The summed E-state index contributed by atoms with van der Waals surface area (Å²) in [6.45, 7) is 5.70. The Morgan fingerprint density at radius 1 is 1.00 bits per heavy atom. The second-order valence-electron chi connectivity index (χ2n) is 5.33. The van der Waals surface area contributed by atoms with Gasteiger partial charge in [-0.2, -0.15) is 0 Å². The molecule has 1 aromatic carbocycles. The van der Waals surface area contributed by atoms with E-state index in [1.165, 1.54) is 0 Å². The summed E-state index contributed by atoms with van der Waals surface area (Å²) in [7, 11) is 0. The summed E-state index contributed by atoms with van der Waals surface area (Å²) in [4.78, 5) is 1.93. The summed E-state index contributed by atoms with van der Waals surface area (Å²) in [5, 5.41) is 28.1. The first-order valence-electron chi connectivity index (χ1n) is 7.45. The van der Waals surface area contributed by atoms with Crippen molar-refractivity contribution in [3.8, 4) is 5.75 Å². The molecule has 0 aliphatic rings. The fourth-order valence-corrected chi connectivity index (χ4v) is 2.13. The van der Waals surface area contributed by atoms with Crippen LogP contribution >= 0.6 is 0 Å². The van der Waals surface area contributed by atoms with Gasteiger partial charge in [0.25, 0.3) is 0 Å². The molecule has 0 aliphatic carbocycles. The van der Waals surface area contributed by atoms with Crippen molar-refractivity contribution in [2.24, 2.45) is 0 Å². The first kappa shape index (κ1) is 17.9. The molecule has 0 heterocycles. The lowest BCUT2D eigenvalue weighted by Gasteiger charge is -2.22. The Morgan fingerprint density at radius 2 is 1.57 bits per heavy atom. The Bertz CT molecular complexity index is 374. The molecule has 1 rings (SSSR count). The molecule has 1 aromatic rings. The molecule has 0 spiro atoms. The van der Waals surface area contributed by atoms with Gasteiger partial charge < -0.3 is 20.1 Å². The monoisotopic (exact) mass is 297 g/mol. The largest absolute Gasteiger partial charge is 0.491 e. The molecule has 0 saturated carbocycles. The van der Waals surface area contributed by atoms with E-state index in [4.69, 9.17) is 14.9 Å². The lowest BCUT2D eigenvalue weighted by molar-refractivity contribution is 0.118. The second kappa shape index (κ2) is 9.73. The van der Waals surface area contributed by atoms with E-state index in [-0.39, 0.29) is 19.3 Å². The average Bonchev–Trinajstić information content (AvgIpc) is 2.45. The number of aliphatic hydroxyl groups excluding tert-OH is 3. The molecule has 1 unspecified atom stereocenters. The summed E-state index contributed by atoms with van der Waals surface area (Å²) >= 11 is 0. The van der Waals surface area contributed by atoms with E-state index >= 15 is 0 Å². The van der Waals surface area contributed by atoms with Crippen LogP contribution in [0.5, 0.6) is 5.75 Å². The summed E-state index contributed by atoms with van der Waals surface area (Å²) in [6, 6.07) is 7.45. The Morgan fingerprint density at radius 3 is 2.05 bits per heavy atom. The lowest BCUT2D eigenvalue weighted by atomic mass is 10.1. The SMILES string of the molecule is CC(C)Oc1ccc(C(O)CCN(CCO)CCO)cc1. The smallest absolute Gasteiger partial charge is 0.119 e. The summed E-state index contributed by atoms with van der Waals surface area (Å²) in [5.41, 5.74) is 0.846. The van der Waals surface area contributed by atoms with Crippen molar-refractivity contribution in [1.29, 1.82) is 0 Å². The Balaban J connectivity index is 2.48. The Labute approximate surface area is 126 Å². The van der Waals surface area contributed by atoms with Gasteiger partial charge in [0.15, 0.2) is 0 Å². The summed E-state index contributed by atoms with van der Waals surface area (Å²) in [6.07, 6.45) is 0.133. The van der Waals surface area contributed by atoms with Crippen molar-refractivity contribution in [1.82, 2.24) is 4.90 Å². The quantitative estimate of drug-likeness (QED) is 0.605. The lowest BCUT2D eigenvalue weighted by Crippen LogP contribution is -2.31. The number of ether oxygens (including phenoxy) is 1. The topological polar surface area (TPSA) is 73.2 Å². The number of aliphatic hydroxyl groups is 3. The maximum Gasteiger partial charge on any atom is 0.119 e. The Kier molecular flexibility index (Phi) is 8.30. The zero-order valence-corrected chi connectivity index (χ0v) is 12.9. The van der Waals surface area contributed by atoms with Gasteiger partial charge in [-0.25, -0.2) is 0 Å². The van der Waals surface area contributed by atoms with Crippen LogP contribution in [0, 0.1) is 0 Å². The van der Waals surface area contributed by atoms with Crippen molar-refractivity contribution in [3.63, 3.8) is 0 Å². The molecule has 120 valence electrons. The first-order chi connectivity index (χ1) is 10.1. The minimum absolute atomic E-state index is 0.0529. The minimum atomic E-state index is -0.557. The predicted octanol–water partition coefficient (Wildman–Crippen LogP) is 1.18. The van der Waals surface area contributed by atoms with Gasteiger partial charge in [0.1, 0.15) is 5.75 Å². The molecule has 5 nitrogen and oxygen atoms in total. The second-order valence-corrected chi connectivity index (χ2v) is 5.33. The number of hydrogen-bond donors (Lipinski definition) is 3. The maximum atomic E-state index is 10.2. The van der Waals surface area contributed by atoms with E-state index in [2.05, 4.69) is 0 Å². The molecule has 0 saturated heterocycles. The third kappa shape index (κ3) is 6.91. The van der Waals surface area contributed by atoms with Crippen LogP contribution in [-0.2, 0) is 0 Å². The van der Waals surface area contributed by atoms with Crippen LogP contribution in [0.25, 0.3) is 0 Å². The fourth-order valence-electron chi connectivity index (χ4n) is 2.13. The molecule has 0 aromatic heterocycles. The van der Waals surface area contributed by atoms with Gasteiger partial charge in [0, 0.05) is 19.6 Å². The van der Waals surface area contributed by atoms with E-state index in [1.807, 2.05) is 43.0 Å². The van der Waals surface area contributed by atoms with Crippen molar-refractivity contribution >= 4 is 0 Å². The van der Waals surface area contributed by atoms with Crippen LogP contribution in [0.3, 0.4) is 0 Å². The molecule has 3 N–H and O–H groups in total. The molecule has 0 radical (unpaired) electrons. The van der Waals surface area contributed by atoms with Crippen LogP contribution < -0.4 is 4.74 Å². The number of benzene rings is 1. The van der Waals surface area contributed by atoms with Crippen LogP contribution in [0.1, 0.15) is 31.9 Å². The number of hydrogen-bond acceptors (Lipinski definition) is 5. The average molecular weight is 297 g/mol. The zero-order chi connectivity index (χ0) is 15.7. The van der Waals surface area contributed by atoms with E-state index in [1.54, 1.807) is 0 Å². The normalized spacial score (nSPS) is 12.9. The first-order valence-corrected chi connectivity index (χ1v) is 7.45. The minimum Gasteiger partial charge on any atom is -0.491 e. The van der Waals surface area contributed by atoms with Gasteiger partial charge in [0.2, 0.25) is 0 Å². The zero-order valence-electron chi connectivity index (χ0n) is 12.9. The van der Waals surface area contributed by atoms with Gasteiger partial charge in [0.05, 0.1) is 25.4 Å². The molecule has 5 heteroatoms. The van der Waals surface area contributed by atoms with Gasteiger partial charge >= 0.3 is 0 Å². The van der Waals surface area contributed by atoms with Crippen LogP contribution in [-0.4, -0.2) is 59.2 Å². The van der Waals surface area contributed by atoms with Crippen LogP contribution in [0.15, 0.2) is 24.3 Å². The fraction of sp³-hybridized carbons (Fsp3) is 0.625. The predicted molar refractivity (Wildman–Crippen MR) is 82.4 cm³/mol. The molecular weight excluding hydrogens is 270 g/mol. The van der Waals surface area contributed by atoms with Crippen LogP contribution in [0.2, 0.25) is 0 Å². The van der Waals surface area contributed by atoms with Gasteiger partial charge in [-0.1, -0.05) is 12.1 Å². The third-order valence-electron chi connectivity index (χ3n) is 3.19. The molecule has 0 amide bonds. The third-order valence-corrected chi connectivity index (χ3v) is 3.19. The van der Waals surface area contributed by atoms with Crippen molar-refractivity contribution in [2.75, 3.05) is 32.8 Å². The highest BCUT2D eigenvalue weighted by molar-refractivity contribution is 5.28. The molecule has 0 bridgehead atoms. The molecule has 1 atom stereocenters. The van der Waals surface area contributed by atoms with E-state index in [9.17, 15) is 5.11 Å². The van der Waals surface area contributed by atoms with E-state index in [0.717, 1.165) is 11.3 Å². The standard InChI is InChI=1S/C16H27NO4/c1-13(2)21-15-5-3-14(4-6-15)16(20)7-8-17(9-11-18)10-12-19/h3-6,13,16,18-20H,7-12H2,1-2H3. The highest BCUT2D eigenvalue weighted by Crippen LogP contribution is 2.21. The Hall–Kier alpha value is -1.14.